The predicted octanol–water partition coefficient (Wildman–Crippen LogP) is 6.46. The van der Waals surface area contributed by atoms with Crippen LogP contribution in [0.4, 0.5) is 13.2 Å². The van der Waals surface area contributed by atoms with E-state index in [1.807, 2.05) is 37.3 Å². The van der Waals surface area contributed by atoms with E-state index in [1.165, 1.54) is 12.1 Å². The van der Waals surface area contributed by atoms with E-state index in [9.17, 15) is 18.3 Å². The molecular formula is C26H25F3O2. The van der Waals surface area contributed by atoms with E-state index < -0.39 is 17.7 Å². The second kappa shape index (κ2) is 9.25. The molecule has 1 saturated heterocycles. The van der Waals surface area contributed by atoms with Gasteiger partial charge in [-0.1, -0.05) is 61.9 Å². The summed E-state index contributed by atoms with van der Waals surface area (Å²) in [6.07, 6.45) is 0.945. The molecule has 4 rings (SSSR count). The van der Waals surface area contributed by atoms with Crippen molar-refractivity contribution in [3.8, 4) is 11.1 Å². The first kappa shape index (κ1) is 21.6. The number of aliphatic hydroxyl groups is 1. The first-order valence-corrected chi connectivity index (χ1v) is 10.6. The van der Waals surface area contributed by atoms with E-state index in [-0.39, 0.29) is 23.0 Å². The molecule has 0 aliphatic carbocycles. The molecule has 1 heterocycles. The van der Waals surface area contributed by atoms with Crippen molar-refractivity contribution in [1.29, 1.82) is 0 Å². The van der Waals surface area contributed by atoms with Gasteiger partial charge < -0.3 is 9.84 Å². The molecule has 3 aromatic rings. The Labute approximate surface area is 180 Å². The molecule has 1 N–H and O–H groups in total. The Morgan fingerprint density at radius 2 is 1.71 bits per heavy atom. The van der Waals surface area contributed by atoms with Gasteiger partial charge in [0, 0.05) is 11.1 Å². The minimum absolute atomic E-state index is 0.00810. The monoisotopic (exact) mass is 426 g/mol. The van der Waals surface area contributed by atoms with Crippen LogP contribution in [0.25, 0.3) is 11.1 Å². The second-order valence-electron chi connectivity index (χ2n) is 8.00. The van der Waals surface area contributed by atoms with Gasteiger partial charge in [-0.15, -0.1) is 0 Å². The zero-order valence-corrected chi connectivity index (χ0v) is 17.4. The Kier molecular flexibility index (Phi) is 6.44. The van der Waals surface area contributed by atoms with E-state index in [0.717, 1.165) is 16.7 Å². The van der Waals surface area contributed by atoms with Crippen molar-refractivity contribution in [3.05, 3.63) is 94.3 Å². The maximum absolute atomic E-state index is 14.5. The Morgan fingerprint density at radius 3 is 2.35 bits per heavy atom. The van der Waals surface area contributed by atoms with Gasteiger partial charge in [0.15, 0.2) is 11.6 Å². The van der Waals surface area contributed by atoms with Crippen LogP contribution in [-0.4, -0.2) is 11.7 Å². The van der Waals surface area contributed by atoms with Crippen LogP contribution in [0.3, 0.4) is 0 Å². The Hall–Kier alpha value is -2.63. The van der Waals surface area contributed by atoms with Crippen molar-refractivity contribution in [3.63, 3.8) is 0 Å². The van der Waals surface area contributed by atoms with Crippen LogP contribution < -0.4 is 0 Å². The molecule has 0 amide bonds. The normalized spacial score (nSPS) is 16.4. The SMILES string of the molecule is CCCC(O)c1ccc(CCc2ccc(-c3ccc(C4CO4)cc3F)cc2)c(F)c1F. The number of aryl methyl sites for hydroxylation is 2. The Morgan fingerprint density at radius 1 is 0.968 bits per heavy atom. The molecule has 0 spiro atoms. The van der Waals surface area contributed by atoms with Gasteiger partial charge in [-0.3, -0.25) is 0 Å². The summed E-state index contributed by atoms with van der Waals surface area (Å²) < 4.78 is 48.4. The lowest BCUT2D eigenvalue weighted by Gasteiger charge is -2.13. The molecule has 2 atom stereocenters. The molecule has 5 heteroatoms. The summed E-state index contributed by atoms with van der Waals surface area (Å²) in [5, 5.41) is 9.97. The largest absolute Gasteiger partial charge is 0.388 e. The zero-order chi connectivity index (χ0) is 22.0. The predicted molar refractivity (Wildman–Crippen MR) is 114 cm³/mol. The smallest absolute Gasteiger partial charge is 0.164 e. The van der Waals surface area contributed by atoms with E-state index in [2.05, 4.69) is 0 Å². The standard InChI is InChI=1S/C26H25F3O2/c1-2-3-23(30)21-13-10-18(25(28)26(21)29)9-6-16-4-7-17(8-5-16)20-12-11-19(14-22(20)27)24-15-31-24/h4-5,7-8,10-14,23-24,30H,2-3,6,9,15H2,1H3. The van der Waals surface area contributed by atoms with Gasteiger partial charge in [-0.25, -0.2) is 13.2 Å². The summed E-state index contributed by atoms with van der Waals surface area (Å²) in [6, 6.07) is 15.6. The highest BCUT2D eigenvalue weighted by Gasteiger charge is 2.25. The van der Waals surface area contributed by atoms with Crippen LogP contribution >= 0.6 is 0 Å². The van der Waals surface area contributed by atoms with Gasteiger partial charge in [0.25, 0.3) is 0 Å². The lowest BCUT2D eigenvalue weighted by Crippen LogP contribution is -2.06. The molecule has 1 fully saturated rings. The highest BCUT2D eigenvalue weighted by atomic mass is 19.2. The number of rotatable bonds is 8. The maximum atomic E-state index is 14.5. The van der Waals surface area contributed by atoms with Crippen molar-refractivity contribution in [1.82, 2.24) is 0 Å². The molecule has 0 radical (unpaired) electrons. The third-order valence-corrected chi connectivity index (χ3v) is 5.76. The highest BCUT2D eigenvalue weighted by Crippen LogP contribution is 2.33. The molecule has 0 saturated carbocycles. The molecular weight excluding hydrogens is 401 g/mol. The van der Waals surface area contributed by atoms with Gasteiger partial charge >= 0.3 is 0 Å². The molecule has 0 bridgehead atoms. The second-order valence-corrected chi connectivity index (χ2v) is 8.00. The lowest BCUT2D eigenvalue weighted by molar-refractivity contribution is 0.160. The Bertz CT molecular complexity index is 1060. The number of hydrogen-bond donors (Lipinski definition) is 1. The molecule has 162 valence electrons. The van der Waals surface area contributed by atoms with Gasteiger partial charge in [0.2, 0.25) is 0 Å². The molecule has 3 aromatic carbocycles. The average Bonchev–Trinajstić information content (AvgIpc) is 3.61. The van der Waals surface area contributed by atoms with E-state index in [4.69, 9.17) is 4.74 Å². The van der Waals surface area contributed by atoms with Crippen LogP contribution in [0.15, 0.2) is 54.6 Å². The van der Waals surface area contributed by atoms with Crippen LogP contribution in [0.5, 0.6) is 0 Å². The number of ether oxygens (including phenoxy) is 1. The topological polar surface area (TPSA) is 32.8 Å². The van der Waals surface area contributed by atoms with Gasteiger partial charge in [-0.05, 0) is 47.6 Å². The molecule has 31 heavy (non-hydrogen) atoms. The van der Waals surface area contributed by atoms with E-state index in [1.54, 1.807) is 12.1 Å². The average molecular weight is 426 g/mol. The number of halogens is 3. The third-order valence-electron chi connectivity index (χ3n) is 5.76. The van der Waals surface area contributed by atoms with Crippen molar-refractivity contribution in [2.45, 2.75) is 44.8 Å². The zero-order valence-electron chi connectivity index (χ0n) is 17.4. The van der Waals surface area contributed by atoms with E-state index >= 15 is 0 Å². The number of aliphatic hydroxyl groups excluding tert-OH is 1. The van der Waals surface area contributed by atoms with Crippen LogP contribution in [0, 0.1) is 17.5 Å². The van der Waals surface area contributed by atoms with Crippen molar-refractivity contribution in [2.75, 3.05) is 6.61 Å². The van der Waals surface area contributed by atoms with Crippen LogP contribution in [-0.2, 0) is 17.6 Å². The van der Waals surface area contributed by atoms with Gasteiger partial charge in [0.1, 0.15) is 11.9 Å². The van der Waals surface area contributed by atoms with Crippen molar-refractivity contribution in [2.24, 2.45) is 0 Å². The van der Waals surface area contributed by atoms with E-state index in [0.29, 0.717) is 37.9 Å². The van der Waals surface area contributed by atoms with Crippen LogP contribution in [0.2, 0.25) is 0 Å². The summed E-state index contributed by atoms with van der Waals surface area (Å²) in [5.41, 5.74) is 3.36. The number of benzene rings is 3. The van der Waals surface area contributed by atoms with Crippen molar-refractivity contribution >= 4 is 0 Å². The first-order chi connectivity index (χ1) is 15.0. The fraction of sp³-hybridized carbons (Fsp3) is 0.308. The summed E-state index contributed by atoms with van der Waals surface area (Å²) in [4.78, 5) is 0. The maximum Gasteiger partial charge on any atom is 0.164 e. The quantitative estimate of drug-likeness (QED) is 0.419. The summed E-state index contributed by atoms with van der Waals surface area (Å²) >= 11 is 0. The molecule has 2 unspecified atom stereocenters. The lowest BCUT2D eigenvalue weighted by atomic mass is 9.97. The summed E-state index contributed by atoms with van der Waals surface area (Å²) in [7, 11) is 0. The van der Waals surface area contributed by atoms with Crippen molar-refractivity contribution < 1.29 is 23.0 Å². The molecule has 0 aromatic heterocycles. The highest BCUT2D eigenvalue weighted by molar-refractivity contribution is 5.65. The summed E-state index contributed by atoms with van der Waals surface area (Å²) in [5.74, 6) is -2.15. The Balaban J connectivity index is 1.43. The molecule has 1 aliphatic heterocycles. The van der Waals surface area contributed by atoms with Gasteiger partial charge in [-0.2, -0.15) is 0 Å². The molecule has 2 nitrogen and oxygen atoms in total. The minimum atomic E-state index is -0.993. The summed E-state index contributed by atoms with van der Waals surface area (Å²) in [6.45, 7) is 2.52. The number of hydrogen-bond acceptors (Lipinski definition) is 2. The van der Waals surface area contributed by atoms with Gasteiger partial charge in [0.05, 0.1) is 12.7 Å². The van der Waals surface area contributed by atoms with Crippen LogP contribution in [0.1, 0.15) is 54.2 Å². The third kappa shape index (κ3) is 4.83. The fourth-order valence-electron chi connectivity index (χ4n) is 3.82. The number of epoxide rings is 1. The minimum Gasteiger partial charge on any atom is -0.388 e. The fourth-order valence-corrected chi connectivity index (χ4v) is 3.82. The molecule has 1 aliphatic rings. The first-order valence-electron chi connectivity index (χ1n) is 10.6.